The van der Waals surface area contributed by atoms with Gasteiger partial charge < -0.3 is 15.4 Å². The molecule has 5 heteroatoms. The van der Waals surface area contributed by atoms with E-state index in [4.69, 9.17) is 10.5 Å². The van der Waals surface area contributed by atoms with Gasteiger partial charge in [-0.1, -0.05) is 6.92 Å². The summed E-state index contributed by atoms with van der Waals surface area (Å²) in [5, 5.41) is 0. The van der Waals surface area contributed by atoms with Crippen LogP contribution in [0.5, 0.6) is 5.75 Å². The van der Waals surface area contributed by atoms with E-state index in [0.717, 1.165) is 5.56 Å². The highest BCUT2D eigenvalue weighted by Crippen LogP contribution is 2.20. The maximum atomic E-state index is 13.2. The van der Waals surface area contributed by atoms with Crippen LogP contribution in [0.2, 0.25) is 0 Å². The average Bonchev–Trinajstić information content (AvgIpc) is 2.43. The zero-order valence-electron chi connectivity index (χ0n) is 11.6. The average molecular weight is 268 g/mol. The van der Waals surface area contributed by atoms with Crippen molar-refractivity contribution >= 4 is 5.91 Å². The van der Waals surface area contributed by atoms with Gasteiger partial charge in [0, 0.05) is 26.1 Å². The largest absolute Gasteiger partial charge is 0.496 e. The topological polar surface area (TPSA) is 55.6 Å². The summed E-state index contributed by atoms with van der Waals surface area (Å²) in [6.07, 6.45) is 0.542. The summed E-state index contributed by atoms with van der Waals surface area (Å²) in [7, 11) is 3.27. The number of benzene rings is 1. The molecule has 0 spiro atoms. The van der Waals surface area contributed by atoms with Crippen molar-refractivity contribution in [2.45, 2.75) is 13.3 Å². The number of rotatable bonds is 6. The molecule has 1 rings (SSSR count). The molecule has 1 atom stereocenters. The van der Waals surface area contributed by atoms with Crippen LogP contribution in [-0.4, -0.2) is 38.1 Å². The van der Waals surface area contributed by atoms with Crippen LogP contribution in [0.1, 0.15) is 12.5 Å². The minimum Gasteiger partial charge on any atom is -0.496 e. The summed E-state index contributed by atoms with van der Waals surface area (Å²) >= 11 is 0. The minimum atomic E-state index is -0.305. The fourth-order valence-corrected chi connectivity index (χ4v) is 1.82. The van der Waals surface area contributed by atoms with Gasteiger partial charge in [0.2, 0.25) is 5.91 Å². The second-order valence-electron chi connectivity index (χ2n) is 4.60. The van der Waals surface area contributed by atoms with Crippen molar-refractivity contribution in [2.24, 2.45) is 11.7 Å². The summed E-state index contributed by atoms with van der Waals surface area (Å²) in [5.74, 6) is 0.131. The number of halogens is 1. The number of hydrogen-bond acceptors (Lipinski definition) is 3. The lowest BCUT2D eigenvalue weighted by molar-refractivity contribution is -0.133. The first-order valence-electron chi connectivity index (χ1n) is 6.27. The molecule has 1 aromatic rings. The first-order valence-corrected chi connectivity index (χ1v) is 6.27. The molecule has 0 aliphatic carbocycles. The fraction of sp³-hybridized carbons (Fsp3) is 0.500. The van der Waals surface area contributed by atoms with Gasteiger partial charge in [0.1, 0.15) is 11.6 Å². The lowest BCUT2D eigenvalue weighted by Crippen LogP contribution is -2.36. The predicted molar refractivity (Wildman–Crippen MR) is 72.5 cm³/mol. The molecular formula is C14H21FN2O2. The number of nitrogens with zero attached hydrogens (tertiary/aromatic N) is 1. The van der Waals surface area contributed by atoms with Crippen LogP contribution in [-0.2, 0) is 11.2 Å². The van der Waals surface area contributed by atoms with Crippen LogP contribution < -0.4 is 10.5 Å². The number of carbonyl (C=O) groups is 1. The van der Waals surface area contributed by atoms with E-state index in [-0.39, 0.29) is 17.6 Å². The van der Waals surface area contributed by atoms with E-state index in [9.17, 15) is 9.18 Å². The summed E-state index contributed by atoms with van der Waals surface area (Å²) < 4.78 is 18.4. The molecule has 106 valence electrons. The zero-order valence-corrected chi connectivity index (χ0v) is 11.6. The standard InChI is InChI=1S/C14H21FN2O2/c1-10(9-16)14(18)17(2)7-6-11-8-12(15)4-5-13(11)19-3/h4-5,8,10H,6-7,9,16H2,1-3H3. The van der Waals surface area contributed by atoms with Crippen molar-refractivity contribution in [2.75, 3.05) is 27.2 Å². The van der Waals surface area contributed by atoms with E-state index >= 15 is 0 Å². The Balaban J connectivity index is 2.66. The van der Waals surface area contributed by atoms with E-state index in [2.05, 4.69) is 0 Å². The third-order valence-corrected chi connectivity index (χ3v) is 3.11. The van der Waals surface area contributed by atoms with E-state index in [1.165, 1.54) is 12.1 Å². The molecule has 0 bridgehead atoms. The predicted octanol–water partition coefficient (Wildman–Crippen LogP) is 1.43. The Morgan fingerprint density at radius 3 is 2.79 bits per heavy atom. The number of likely N-dealkylation sites (N-methyl/N-ethyl adjacent to an activating group) is 1. The highest BCUT2D eigenvalue weighted by Gasteiger charge is 2.16. The monoisotopic (exact) mass is 268 g/mol. The van der Waals surface area contributed by atoms with Gasteiger partial charge in [-0.25, -0.2) is 4.39 Å². The minimum absolute atomic E-state index is 0.00197. The number of ether oxygens (including phenoxy) is 1. The van der Waals surface area contributed by atoms with Crippen LogP contribution in [0.4, 0.5) is 4.39 Å². The Morgan fingerprint density at radius 1 is 1.53 bits per heavy atom. The fourth-order valence-electron chi connectivity index (χ4n) is 1.82. The second-order valence-corrected chi connectivity index (χ2v) is 4.60. The van der Waals surface area contributed by atoms with Gasteiger partial charge in [-0.2, -0.15) is 0 Å². The zero-order chi connectivity index (χ0) is 14.4. The molecule has 0 aliphatic heterocycles. The van der Waals surface area contributed by atoms with Crippen LogP contribution in [0.25, 0.3) is 0 Å². The SMILES string of the molecule is COc1ccc(F)cc1CCN(C)C(=O)C(C)CN. The van der Waals surface area contributed by atoms with E-state index in [1.807, 2.05) is 0 Å². The Kier molecular flexibility index (Phi) is 5.76. The number of methoxy groups -OCH3 is 1. The van der Waals surface area contributed by atoms with Crippen LogP contribution >= 0.6 is 0 Å². The van der Waals surface area contributed by atoms with Crippen molar-refractivity contribution in [1.82, 2.24) is 4.90 Å². The van der Waals surface area contributed by atoms with E-state index in [1.54, 1.807) is 32.0 Å². The van der Waals surface area contributed by atoms with Gasteiger partial charge in [-0.3, -0.25) is 4.79 Å². The lowest BCUT2D eigenvalue weighted by atomic mass is 10.1. The maximum Gasteiger partial charge on any atom is 0.226 e. The number of carbonyl (C=O) groups excluding carboxylic acids is 1. The highest BCUT2D eigenvalue weighted by atomic mass is 19.1. The molecule has 0 radical (unpaired) electrons. The number of amides is 1. The van der Waals surface area contributed by atoms with E-state index < -0.39 is 0 Å². The molecule has 0 aromatic heterocycles. The van der Waals surface area contributed by atoms with Gasteiger partial charge in [0.25, 0.3) is 0 Å². The molecule has 0 aliphatic rings. The van der Waals surface area contributed by atoms with Gasteiger partial charge in [-0.05, 0) is 30.2 Å². The Hall–Kier alpha value is -1.62. The second kappa shape index (κ2) is 7.09. The van der Waals surface area contributed by atoms with Crippen molar-refractivity contribution in [3.8, 4) is 5.75 Å². The number of hydrogen-bond donors (Lipinski definition) is 1. The molecule has 0 saturated heterocycles. The van der Waals surface area contributed by atoms with Gasteiger partial charge in [0.15, 0.2) is 0 Å². The molecule has 0 heterocycles. The Bertz CT molecular complexity index is 437. The lowest BCUT2D eigenvalue weighted by Gasteiger charge is -2.21. The smallest absolute Gasteiger partial charge is 0.226 e. The third-order valence-electron chi connectivity index (χ3n) is 3.11. The molecule has 1 amide bonds. The first-order chi connectivity index (χ1) is 8.99. The summed E-state index contributed by atoms with van der Waals surface area (Å²) in [4.78, 5) is 13.5. The van der Waals surface area contributed by atoms with Crippen molar-refractivity contribution in [1.29, 1.82) is 0 Å². The van der Waals surface area contributed by atoms with Crippen molar-refractivity contribution < 1.29 is 13.9 Å². The van der Waals surface area contributed by atoms with Gasteiger partial charge >= 0.3 is 0 Å². The molecule has 1 aromatic carbocycles. The normalized spacial score (nSPS) is 12.1. The summed E-state index contributed by atoms with van der Waals surface area (Å²) in [6, 6.07) is 4.38. The molecule has 4 nitrogen and oxygen atoms in total. The van der Waals surface area contributed by atoms with Crippen LogP contribution in [0.15, 0.2) is 18.2 Å². The van der Waals surface area contributed by atoms with Crippen LogP contribution in [0.3, 0.4) is 0 Å². The number of nitrogens with two attached hydrogens (primary N) is 1. The molecule has 0 fully saturated rings. The third kappa shape index (κ3) is 4.21. The summed E-state index contributed by atoms with van der Waals surface area (Å²) in [5.41, 5.74) is 6.22. The first kappa shape index (κ1) is 15.4. The quantitative estimate of drug-likeness (QED) is 0.849. The van der Waals surface area contributed by atoms with Crippen molar-refractivity contribution in [3.63, 3.8) is 0 Å². The molecular weight excluding hydrogens is 247 g/mol. The molecule has 19 heavy (non-hydrogen) atoms. The van der Waals surface area contributed by atoms with Gasteiger partial charge in [-0.15, -0.1) is 0 Å². The summed E-state index contributed by atoms with van der Waals surface area (Å²) in [6.45, 7) is 2.62. The maximum absolute atomic E-state index is 13.2. The van der Waals surface area contributed by atoms with E-state index in [0.29, 0.717) is 25.3 Å². The molecule has 1 unspecified atom stereocenters. The molecule has 2 N–H and O–H groups in total. The molecule has 0 saturated carbocycles. The van der Waals surface area contributed by atoms with Crippen molar-refractivity contribution in [3.05, 3.63) is 29.6 Å². The Morgan fingerprint density at radius 2 is 2.21 bits per heavy atom. The Labute approximate surface area is 113 Å². The van der Waals surface area contributed by atoms with Crippen LogP contribution in [0, 0.1) is 11.7 Å². The highest BCUT2D eigenvalue weighted by molar-refractivity contribution is 5.78. The van der Waals surface area contributed by atoms with Gasteiger partial charge in [0.05, 0.1) is 7.11 Å².